The normalized spacial score (nSPS) is 10.1. The third-order valence-electron chi connectivity index (χ3n) is 3.26. The molecule has 2 aromatic carbocycles. The van der Waals surface area contributed by atoms with Crippen molar-refractivity contribution in [2.24, 2.45) is 0 Å². The largest absolute Gasteiger partial charge is 0.359 e. The molecule has 0 aliphatic heterocycles. The number of nitrogens with zero attached hydrogens (tertiary/aromatic N) is 1. The number of non-ortho nitro benzene ring substituents is 1. The molecular formula is C16H14ClN3O4. The number of hydrogen-bond acceptors (Lipinski definition) is 4. The van der Waals surface area contributed by atoms with Gasteiger partial charge in [0, 0.05) is 24.9 Å². The average Bonchev–Trinajstić information content (AvgIpc) is 2.56. The zero-order valence-corrected chi connectivity index (χ0v) is 13.5. The van der Waals surface area contributed by atoms with Gasteiger partial charge in [0.1, 0.15) is 0 Å². The molecule has 2 N–H and O–H groups in total. The quantitative estimate of drug-likeness (QED) is 0.641. The summed E-state index contributed by atoms with van der Waals surface area (Å²) < 4.78 is 0. The molecule has 0 saturated heterocycles. The Hall–Kier alpha value is -2.93. The summed E-state index contributed by atoms with van der Waals surface area (Å²) in [7, 11) is 1.56. The lowest BCUT2D eigenvalue weighted by Crippen LogP contribution is -2.19. The number of amides is 2. The zero-order chi connectivity index (χ0) is 17.7. The first-order valence-corrected chi connectivity index (χ1v) is 7.33. The van der Waals surface area contributed by atoms with E-state index >= 15 is 0 Å². The Morgan fingerprint density at radius 1 is 1.17 bits per heavy atom. The fourth-order valence-corrected chi connectivity index (χ4v) is 2.18. The second-order valence-electron chi connectivity index (χ2n) is 4.92. The van der Waals surface area contributed by atoms with Crippen molar-refractivity contribution in [1.82, 2.24) is 5.32 Å². The van der Waals surface area contributed by atoms with Crippen LogP contribution in [0.3, 0.4) is 0 Å². The number of anilines is 1. The topological polar surface area (TPSA) is 101 Å². The third-order valence-corrected chi connectivity index (χ3v) is 3.59. The Morgan fingerprint density at radius 2 is 1.83 bits per heavy atom. The second kappa shape index (κ2) is 7.56. The molecular weight excluding hydrogens is 334 g/mol. The molecule has 2 aromatic rings. The van der Waals surface area contributed by atoms with Gasteiger partial charge in [-0.25, -0.2) is 0 Å². The number of nitro groups is 1. The van der Waals surface area contributed by atoms with Crippen molar-refractivity contribution in [2.45, 2.75) is 6.42 Å². The van der Waals surface area contributed by atoms with Gasteiger partial charge in [-0.1, -0.05) is 23.7 Å². The van der Waals surface area contributed by atoms with Crippen LogP contribution in [0.5, 0.6) is 0 Å². The van der Waals surface area contributed by atoms with Crippen LogP contribution in [-0.2, 0) is 11.2 Å². The lowest BCUT2D eigenvalue weighted by molar-refractivity contribution is -0.384. The number of rotatable bonds is 5. The smallest absolute Gasteiger partial charge is 0.270 e. The lowest BCUT2D eigenvalue weighted by atomic mass is 10.1. The maximum Gasteiger partial charge on any atom is 0.270 e. The molecule has 0 aliphatic rings. The molecule has 0 spiro atoms. The van der Waals surface area contributed by atoms with Crippen LogP contribution in [0.1, 0.15) is 15.9 Å². The predicted molar refractivity (Wildman–Crippen MR) is 90.3 cm³/mol. The molecule has 124 valence electrons. The van der Waals surface area contributed by atoms with Crippen LogP contribution in [0.4, 0.5) is 11.4 Å². The number of nitro benzene ring substituents is 1. The summed E-state index contributed by atoms with van der Waals surface area (Å²) in [5.74, 6) is -0.669. The van der Waals surface area contributed by atoms with Gasteiger partial charge >= 0.3 is 0 Å². The minimum Gasteiger partial charge on any atom is -0.359 e. The first kappa shape index (κ1) is 17.4. The molecule has 24 heavy (non-hydrogen) atoms. The van der Waals surface area contributed by atoms with Gasteiger partial charge < -0.3 is 10.6 Å². The molecule has 0 aliphatic carbocycles. The molecule has 0 atom stereocenters. The summed E-state index contributed by atoms with van der Waals surface area (Å²) in [5.41, 5.74) is 1.08. The van der Waals surface area contributed by atoms with Gasteiger partial charge in [0.25, 0.3) is 11.6 Å². The van der Waals surface area contributed by atoms with E-state index in [1.165, 1.54) is 12.1 Å². The van der Waals surface area contributed by atoms with Crippen molar-refractivity contribution >= 4 is 34.8 Å². The minimum atomic E-state index is -0.597. The molecule has 0 aromatic heterocycles. The third kappa shape index (κ3) is 4.30. The molecule has 0 bridgehead atoms. The van der Waals surface area contributed by atoms with E-state index in [1.54, 1.807) is 31.3 Å². The summed E-state index contributed by atoms with van der Waals surface area (Å²) in [6.45, 7) is 0. The van der Waals surface area contributed by atoms with Crippen LogP contribution in [0.15, 0.2) is 42.5 Å². The summed E-state index contributed by atoms with van der Waals surface area (Å²) in [4.78, 5) is 33.7. The van der Waals surface area contributed by atoms with Crippen molar-refractivity contribution < 1.29 is 14.5 Å². The highest BCUT2D eigenvalue weighted by atomic mass is 35.5. The minimum absolute atomic E-state index is 0.0142. The van der Waals surface area contributed by atoms with Crippen LogP contribution in [0, 0.1) is 10.1 Å². The standard InChI is InChI=1S/C16H14ClN3O4/c1-18-15(21)8-10-2-4-11(5-3-10)19-16(22)13-9-12(20(23)24)6-7-14(13)17/h2-7,9H,8H2,1H3,(H,18,21)(H,19,22). The highest BCUT2D eigenvalue weighted by molar-refractivity contribution is 6.34. The van der Waals surface area contributed by atoms with Crippen molar-refractivity contribution in [2.75, 3.05) is 12.4 Å². The van der Waals surface area contributed by atoms with Crippen LogP contribution < -0.4 is 10.6 Å². The van der Waals surface area contributed by atoms with Gasteiger partial charge in [0.2, 0.25) is 5.91 Å². The maximum absolute atomic E-state index is 12.2. The van der Waals surface area contributed by atoms with Crippen LogP contribution in [-0.4, -0.2) is 23.8 Å². The molecule has 0 radical (unpaired) electrons. The highest BCUT2D eigenvalue weighted by Gasteiger charge is 2.16. The summed E-state index contributed by atoms with van der Waals surface area (Å²) >= 11 is 5.93. The number of benzene rings is 2. The fraction of sp³-hybridized carbons (Fsp3) is 0.125. The van der Waals surface area contributed by atoms with Crippen molar-refractivity contribution in [1.29, 1.82) is 0 Å². The van der Waals surface area contributed by atoms with Gasteiger partial charge in [-0.15, -0.1) is 0 Å². The number of nitrogens with one attached hydrogen (secondary N) is 2. The monoisotopic (exact) mass is 347 g/mol. The fourth-order valence-electron chi connectivity index (χ4n) is 1.98. The molecule has 8 heteroatoms. The van der Waals surface area contributed by atoms with E-state index in [9.17, 15) is 19.7 Å². The Bertz CT molecular complexity index is 790. The van der Waals surface area contributed by atoms with Gasteiger partial charge in [-0.3, -0.25) is 19.7 Å². The maximum atomic E-state index is 12.2. The van der Waals surface area contributed by atoms with Gasteiger partial charge in [0.05, 0.1) is 21.9 Å². The summed E-state index contributed by atoms with van der Waals surface area (Å²) in [6.07, 6.45) is 0.238. The Kier molecular flexibility index (Phi) is 5.49. The molecule has 0 fully saturated rings. The van der Waals surface area contributed by atoms with E-state index in [2.05, 4.69) is 10.6 Å². The van der Waals surface area contributed by atoms with Crippen LogP contribution >= 0.6 is 11.6 Å². The molecule has 2 rings (SSSR count). The highest BCUT2D eigenvalue weighted by Crippen LogP contribution is 2.23. The number of carbonyl (C=O) groups excluding carboxylic acids is 2. The van der Waals surface area contributed by atoms with Crippen LogP contribution in [0.25, 0.3) is 0 Å². The van der Waals surface area contributed by atoms with Gasteiger partial charge in [0.15, 0.2) is 0 Å². The van der Waals surface area contributed by atoms with E-state index in [-0.39, 0.29) is 28.6 Å². The van der Waals surface area contributed by atoms with Gasteiger partial charge in [-0.2, -0.15) is 0 Å². The molecule has 0 unspecified atom stereocenters. The number of halogens is 1. The van der Waals surface area contributed by atoms with E-state index in [1.807, 2.05) is 0 Å². The predicted octanol–water partition coefficient (Wildman–Crippen LogP) is 2.79. The Morgan fingerprint density at radius 3 is 2.42 bits per heavy atom. The first-order chi connectivity index (χ1) is 11.4. The number of hydrogen-bond donors (Lipinski definition) is 2. The Labute approximate surface area is 142 Å². The van der Waals surface area contributed by atoms with Gasteiger partial charge in [-0.05, 0) is 23.8 Å². The summed E-state index contributed by atoms with van der Waals surface area (Å²) in [6, 6.07) is 10.4. The molecule has 0 heterocycles. The number of carbonyl (C=O) groups is 2. The van der Waals surface area contributed by atoms with Crippen LogP contribution in [0.2, 0.25) is 5.02 Å². The molecule has 2 amide bonds. The average molecular weight is 348 g/mol. The molecule has 7 nitrogen and oxygen atoms in total. The van der Waals surface area contributed by atoms with Crippen molar-refractivity contribution in [3.8, 4) is 0 Å². The van der Waals surface area contributed by atoms with E-state index in [0.717, 1.165) is 11.6 Å². The van der Waals surface area contributed by atoms with Crippen molar-refractivity contribution in [3.05, 3.63) is 68.7 Å². The van der Waals surface area contributed by atoms with E-state index in [4.69, 9.17) is 11.6 Å². The lowest BCUT2D eigenvalue weighted by Gasteiger charge is -2.08. The first-order valence-electron chi connectivity index (χ1n) is 6.95. The van der Waals surface area contributed by atoms with Crippen molar-refractivity contribution in [3.63, 3.8) is 0 Å². The molecule has 0 saturated carbocycles. The SMILES string of the molecule is CNC(=O)Cc1ccc(NC(=O)c2cc([N+](=O)[O-])ccc2Cl)cc1. The summed E-state index contributed by atoms with van der Waals surface area (Å²) in [5, 5.41) is 16.1. The van der Waals surface area contributed by atoms with E-state index < -0.39 is 10.8 Å². The zero-order valence-electron chi connectivity index (χ0n) is 12.7. The number of likely N-dealkylation sites (N-methyl/N-ethyl adjacent to an activating group) is 1. The second-order valence-corrected chi connectivity index (χ2v) is 5.33. The van der Waals surface area contributed by atoms with E-state index in [0.29, 0.717) is 5.69 Å². The Balaban J connectivity index is 2.13.